The van der Waals surface area contributed by atoms with Crippen LogP contribution in [-0.2, 0) is 4.79 Å². The summed E-state index contributed by atoms with van der Waals surface area (Å²) in [5.74, 6) is -1.88. The molecule has 1 aliphatic rings. The fourth-order valence-electron chi connectivity index (χ4n) is 2.46. The summed E-state index contributed by atoms with van der Waals surface area (Å²) in [4.78, 5) is 33.7. The first kappa shape index (κ1) is 12.3. The van der Waals surface area contributed by atoms with E-state index >= 15 is 0 Å². The first-order valence-electron chi connectivity index (χ1n) is 6.08. The van der Waals surface area contributed by atoms with Crippen molar-refractivity contribution in [3.63, 3.8) is 0 Å². The van der Waals surface area contributed by atoms with Gasteiger partial charge in [-0.3, -0.25) is 4.79 Å². The van der Waals surface area contributed by atoms with Crippen LogP contribution in [0.5, 0.6) is 0 Å². The number of hydrogen-bond acceptors (Lipinski definition) is 3. The van der Waals surface area contributed by atoms with E-state index in [0.717, 1.165) is 11.0 Å². The van der Waals surface area contributed by atoms with Gasteiger partial charge in [0, 0.05) is 5.71 Å². The zero-order valence-electron chi connectivity index (χ0n) is 10.6. The van der Waals surface area contributed by atoms with Crippen LogP contribution in [0.2, 0.25) is 0 Å². The predicted molar refractivity (Wildman–Crippen MR) is 71.6 cm³/mol. The first-order valence-corrected chi connectivity index (χ1v) is 6.08. The number of aliphatic imine (C=N–C) groups is 1. The Labute approximate surface area is 113 Å². The summed E-state index contributed by atoms with van der Waals surface area (Å²) < 4.78 is 0. The van der Waals surface area contributed by atoms with Gasteiger partial charge in [-0.2, -0.15) is 0 Å². The summed E-state index contributed by atoms with van der Waals surface area (Å²) in [6.07, 6.45) is 1.56. The van der Waals surface area contributed by atoms with E-state index in [0.29, 0.717) is 11.3 Å². The smallest absolute Gasteiger partial charge is 0.341 e. The van der Waals surface area contributed by atoms with Gasteiger partial charge in [0.2, 0.25) is 0 Å². The van der Waals surface area contributed by atoms with Gasteiger partial charge in [-0.25, -0.2) is 14.8 Å². The topological polar surface area (TPSA) is 107 Å². The second-order valence-electron chi connectivity index (χ2n) is 4.68. The van der Waals surface area contributed by atoms with Gasteiger partial charge in [-0.1, -0.05) is 6.07 Å². The molecule has 3 N–H and O–H groups in total. The summed E-state index contributed by atoms with van der Waals surface area (Å²) in [5, 5.41) is 12.0. The van der Waals surface area contributed by atoms with Crippen molar-refractivity contribution in [3.8, 4) is 0 Å². The van der Waals surface area contributed by atoms with Crippen molar-refractivity contribution in [1.82, 2.24) is 15.3 Å². The number of aromatic amines is 1. The summed E-state index contributed by atoms with van der Waals surface area (Å²) in [7, 11) is 0. The van der Waals surface area contributed by atoms with E-state index in [2.05, 4.69) is 20.3 Å². The lowest BCUT2D eigenvalue weighted by Crippen LogP contribution is -2.43. The standard InChI is InChI=1S/C13H12N4O3/c1-6-10(12(18)19)11(17-13(20)16-6)7-2-3-8-9(4-7)15-5-14-8/h2-5,10-11H,1H3,(H,14,15)(H,17,20)(H,18,19). The molecule has 102 valence electrons. The number of hydrogen-bond donors (Lipinski definition) is 3. The minimum atomic E-state index is -1.01. The summed E-state index contributed by atoms with van der Waals surface area (Å²) in [6, 6.07) is 4.19. The number of H-pyrrole nitrogens is 1. The molecule has 7 nitrogen and oxygen atoms in total. The van der Waals surface area contributed by atoms with Gasteiger partial charge in [-0.15, -0.1) is 0 Å². The van der Waals surface area contributed by atoms with Crippen LogP contribution in [0.3, 0.4) is 0 Å². The molecule has 7 heteroatoms. The van der Waals surface area contributed by atoms with Crippen molar-refractivity contribution in [2.75, 3.05) is 0 Å². The fourth-order valence-corrected chi connectivity index (χ4v) is 2.46. The Morgan fingerprint density at radius 2 is 2.20 bits per heavy atom. The number of carbonyl (C=O) groups excluding carboxylic acids is 1. The molecular formula is C13H12N4O3. The van der Waals surface area contributed by atoms with Crippen LogP contribution >= 0.6 is 0 Å². The molecule has 0 saturated carbocycles. The maximum Gasteiger partial charge on any atom is 0.341 e. The minimum Gasteiger partial charge on any atom is -0.481 e. The van der Waals surface area contributed by atoms with E-state index in [4.69, 9.17) is 0 Å². The molecule has 1 aliphatic heterocycles. The number of carboxylic acids is 1. The highest BCUT2D eigenvalue weighted by Crippen LogP contribution is 2.28. The van der Waals surface area contributed by atoms with Crippen molar-refractivity contribution in [2.45, 2.75) is 13.0 Å². The van der Waals surface area contributed by atoms with Gasteiger partial charge < -0.3 is 15.4 Å². The number of urea groups is 1. The lowest BCUT2D eigenvalue weighted by Gasteiger charge is -2.28. The Bertz CT molecular complexity index is 734. The normalized spacial score (nSPS) is 22.4. The Morgan fingerprint density at radius 3 is 2.95 bits per heavy atom. The van der Waals surface area contributed by atoms with Crippen molar-refractivity contribution in [2.24, 2.45) is 10.9 Å². The number of aliphatic carboxylic acids is 1. The minimum absolute atomic E-state index is 0.302. The number of fused-ring (bicyclic) bond motifs is 1. The number of aromatic nitrogens is 2. The number of rotatable bonds is 2. The van der Waals surface area contributed by atoms with Crippen LogP contribution in [0.1, 0.15) is 18.5 Å². The lowest BCUT2D eigenvalue weighted by atomic mass is 9.88. The Morgan fingerprint density at radius 1 is 1.40 bits per heavy atom. The van der Waals surface area contributed by atoms with Crippen LogP contribution in [0.4, 0.5) is 4.79 Å². The molecule has 0 bridgehead atoms. The van der Waals surface area contributed by atoms with Gasteiger partial charge in [0.05, 0.1) is 23.4 Å². The molecule has 2 unspecified atom stereocenters. The van der Waals surface area contributed by atoms with E-state index in [9.17, 15) is 14.7 Å². The van der Waals surface area contributed by atoms with Crippen molar-refractivity contribution >= 4 is 28.7 Å². The van der Waals surface area contributed by atoms with Crippen LogP contribution in [0.25, 0.3) is 11.0 Å². The lowest BCUT2D eigenvalue weighted by molar-refractivity contribution is -0.140. The van der Waals surface area contributed by atoms with Crippen molar-refractivity contribution < 1.29 is 14.7 Å². The third kappa shape index (κ3) is 1.93. The summed E-state index contributed by atoms with van der Waals surface area (Å²) in [6.45, 7) is 1.55. The molecule has 1 aromatic heterocycles. The molecule has 1 aromatic carbocycles. The molecule has 0 aliphatic carbocycles. The van der Waals surface area contributed by atoms with E-state index in [-0.39, 0.29) is 0 Å². The van der Waals surface area contributed by atoms with Gasteiger partial charge in [0.1, 0.15) is 5.92 Å². The van der Waals surface area contributed by atoms with E-state index in [1.807, 2.05) is 0 Å². The molecule has 0 fully saturated rings. The SMILES string of the molecule is CC1=NC(=O)NC(c2ccc3nc[nH]c3c2)C1C(=O)O. The number of carbonyl (C=O) groups is 2. The van der Waals surface area contributed by atoms with Gasteiger partial charge in [0.25, 0.3) is 0 Å². The highest BCUT2D eigenvalue weighted by molar-refractivity contribution is 6.07. The number of benzene rings is 1. The Kier molecular flexibility index (Phi) is 2.74. The second kappa shape index (κ2) is 4.44. The van der Waals surface area contributed by atoms with Crippen molar-refractivity contribution in [3.05, 3.63) is 30.1 Å². The average molecular weight is 272 g/mol. The van der Waals surface area contributed by atoms with Gasteiger partial charge in [0.15, 0.2) is 0 Å². The van der Waals surface area contributed by atoms with Crippen LogP contribution in [-0.4, -0.2) is 32.8 Å². The summed E-state index contributed by atoms with van der Waals surface area (Å²) >= 11 is 0. The van der Waals surface area contributed by atoms with Crippen molar-refractivity contribution in [1.29, 1.82) is 0 Å². The maximum atomic E-state index is 11.5. The van der Waals surface area contributed by atoms with Gasteiger partial charge >= 0.3 is 12.0 Å². The average Bonchev–Trinajstić information content (AvgIpc) is 2.84. The third-order valence-electron chi connectivity index (χ3n) is 3.41. The molecule has 0 radical (unpaired) electrons. The number of nitrogens with zero attached hydrogens (tertiary/aromatic N) is 2. The monoisotopic (exact) mass is 272 g/mol. The first-order chi connectivity index (χ1) is 9.56. The molecular weight excluding hydrogens is 260 g/mol. The summed E-state index contributed by atoms with van der Waals surface area (Å²) in [5.41, 5.74) is 2.59. The number of nitrogens with one attached hydrogen (secondary N) is 2. The number of amides is 2. The number of carboxylic acid groups (broad SMARTS) is 1. The highest BCUT2D eigenvalue weighted by atomic mass is 16.4. The van der Waals surface area contributed by atoms with Crippen LogP contribution < -0.4 is 5.32 Å². The Balaban J connectivity index is 2.08. The fraction of sp³-hybridized carbons (Fsp3) is 0.231. The van der Waals surface area contributed by atoms with E-state index < -0.39 is 24.0 Å². The largest absolute Gasteiger partial charge is 0.481 e. The van der Waals surface area contributed by atoms with Gasteiger partial charge in [-0.05, 0) is 24.6 Å². The molecule has 2 amide bonds. The predicted octanol–water partition coefficient (Wildman–Crippen LogP) is 1.49. The third-order valence-corrected chi connectivity index (χ3v) is 3.41. The molecule has 0 saturated heterocycles. The second-order valence-corrected chi connectivity index (χ2v) is 4.68. The molecule has 2 aromatic rings. The molecule has 3 rings (SSSR count). The van der Waals surface area contributed by atoms with E-state index in [1.54, 1.807) is 31.5 Å². The maximum absolute atomic E-state index is 11.5. The number of imidazole rings is 1. The molecule has 2 heterocycles. The molecule has 0 spiro atoms. The zero-order chi connectivity index (χ0) is 14.3. The zero-order valence-corrected chi connectivity index (χ0v) is 10.6. The Hall–Kier alpha value is -2.70. The highest BCUT2D eigenvalue weighted by Gasteiger charge is 2.36. The molecule has 20 heavy (non-hydrogen) atoms. The quantitative estimate of drug-likeness (QED) is 0.769. The van der Waals surface area contributed by atoms with Crippen LogP contribution in [0, 0.1) is 5.92 Å². The molecule has 2 atom stereocenters. The van der Waals surface area contributed by atoms with E-state index in [1.165, 1.54) is 0 Å². The van der Waals surface area contributed by atoms with Crippen LogP contribution in [0.15, 0.2) is 29.5 Å².